The van der Waals surface area contributed by atoms with Gasteiger partial charge in [-0.2, -0.15) is 0 Å². The van der Waals surface area contributed by atoms with Gasteiger partial charge in [0.2, 0.25) is 6.79 Å². The molecule has 5 N–H and O–H groups in total. The van der Waals surface area contributed by atoms with Gasteiger partial charge in [-0.1, -0.05) is 24.3 Å². The quantitative estimate of drug-likeness (QED) is 0.150. The second-order valence-corrected chi connectivity index (χ2v) is 16.7. The smallest absolute Gasteiger partial charge is 0.338 e. The number of carbonyl (C=O) groups is 2. The van der Waals surface area contributed by atoms with Crippen molar-refractivity contribution in [1.29, 1.82) is 0 Å². The first-order chi connectivity index (χ1) is 27.0. The molecule has 14 nitrogen and oxygen atoms in total. The van der Waals surface area contributed by atoms with Gasteiger partial charge in [0.05, 0.1) is 54.0 Å². The average molecular weight is 783 g/mol. The number of phenolic OH excluding ortho intramolecular Hbond substituents is 1. The Morgan fingerprint density at radius 3 is 2.68 bits per heavy atom. The van der Waals surface area contributed by atoms with Crippen molar-refractivity contribution in [2.24, 2.45) is 0 Å². The van der Waals surface area contributed by atoms with Gasteiger partial charge in [0.1, 0.15) is 18.2 Å². The molecule has 56 heavy (non-hydrogen) atoms. The maximum atomic E-state index is 14.9. The normalized spacial score (nSPS) is 29.5. The number of methoxy groups -OCH3 is 1. The number of fused-ring (bicyclic) bond motifs is 11. The van der Waals surface area contributed by atoms with Crippen LogP contribution in [0.5, 0.6) is 28.7 Å². The molecule has 1 saturated heterocycles. The number of aromatic nitrogens is 1. The molecule has 7 aliphatic heterocycles. The number of para-hydroxylation sites is 1. The Hall–Kier alpha value is -4.93. The number of aromatic hydroxyl groups is 1. The second kappa shape index (κ2) is 12.5. The fourth-order valence-electron chi connectivity index (χ4n) is 10.3. The number of ether oxygens (including phenoxy) is 5. The van der Waals surface area contributed by atoms with Crippen LogP contribution in [0.3, 0.4) is 0 Å². The third kappa shape index (κ3) is 4.66. The SMILES string of the molecule is COc1c(C)cc2c(c1O)[C@@H]1[C@@H]3[C@@H]4SC[C@]5(N[C@H](CO)Cc6c5[nH]c5ccccc65)C(=O)O/C=C(\c5c6c(c(C)c(OC(C)=O)c54)OCO6)N3[C@@H](O)[C@@H](C2)N1C. The maximum Gasteiger partial charge on any atom is 0.338 e. The number of hydrogen-bond donors (Lipinski definition) is 5. The van der Waals surface area contributed by atoms with Gasteiger partial charge < -0.3 is 48.9 Å². The molecule has 0 radical (unpaired) electrons. The minimum absolute atomic E-state index is 0.0220. The van der Waals surface area contributed by atoms with Crippen molar-refractivity contribution >= 4 is 40.3 Å². The van der Waals surface area contributed by atoms with E-state index in [4.69, 9.17) is 23.7 Å². The Labute approximate surface area is 326 Å². The molecular formula is C41H42N4O10S. The van der Waals surface area contributed by atoms with Crippen molar-refractivity contribution in [2.45, 2.75) is 74.8 Å². The Morgan fingerprint density at radius 2 is 1.91 bits per heavy atom. The average Bonchev–Trinajstić information content (AvgIpc) is 3.82. The summed E-state index contributed by atoms with van der Waals surface area (Å²) in [6.45, 7) is 4.73. The minimum atomic E-state index is -1.47. The number of piperazine rings is 1. The van der Waals surface area contributed by atoms with Crippen LogP contribution < -0.4 is 24.3 Å². The number of aryl methyl sites for hydroxylation is 1. The van der Waals surface area contributed by atoms with Crippen LogP contribution >= 0.6 is 11.8 Å². The van der Waals surface area contributed by atoms with Gasteiger partial charge in [0.25, 0.3) is 0 Å². The lowest BCUT2D eigenvalue weighted by atomic mass is 9.74. The second-order valence-electron chi connectivity index (χ2n) is 15.5. The Kier molecular flexibility index (Phi) is 7.94. The molecule has 3 aromatic carbocycles. The summed E-state index contributed by atoms with van der Waals surface area (Å²) in [5, 5.41) is 39.1. The van der Waals surface area contributed by atoms with Crippen molar-refractivity contribution in [3.8, 4) is 28.7 Å². The fraction of sp³-hybridized carbons (Fsp3) is 0.415. The van der Waals surface area contributed by atoms with Crippen LogP contribution in [0.25, 0.3) is 16.6 Å². The number of esters is 2. The van der Waals surface area contributed by atoms with Crippen LogP contribution in [0.2, 0.25) is 0 Å². The van der Waals surface area contributed by atoms with E-state index >= 15 is 0 Å². The molecule has 1 fully saturated rings. The summed E-state index contributed by atoms with van der Waals surface area (Å²) in [7, 11) is 3.48. The molecule has 292 valence electrons. The van der Waals surface area contributed by atoms with E-state index in [9.17, 15) is 24.9 Å². The monoisotopic (exact) mass is 782 g/mol. The lowest BCUT2D eigenvalue weighted by Crippen LogP contribution is -2.68. The van der Waals surface area contributed by atoms with E-state index in [-0.39, 0.29) is 30.7 Å². The molecule has 1 aromatic heterocycles. The van der Waals surface area contributed by atoms with Crippen LogP contribution in [-0.4, -0.2) is 99.7 Å². The number of rotatable bonds is 3. The van der Waals surface area contributed by atoms with Crippen molar-refractivity contribution in [1.82, 2.24) is 20.1 Å². The third-order valence-corrected chi connectivity index (χ3v) is 14.1. The van der Waals surface area contributed by atoms with Gasteiger partial charge in [0, 0.05) is 46.3 Å². The molecule has 4 aromatic rings. The Bertz CT molecular complexity index is 2410. The molecule has 7 atom stereocenters. The van der Waals surface area contributed by atoms with Crippen LogP contribution in [0.1, 0.15) is 62.9 Å². The van der Waals surface area contributed by atoms with E-state index in [1.54, 1.807) is 0 Å². The lowest BCUT2D eigenvalue weighted by molar-refractivity contribution is -0.147. The summed E-state index contributed by atoms with van der Waals surface area (Å²) < 4.78 is 30.3. The van der Waals surface area contributed by atoms with E-state index in [1.807, 2.05) is 56.1 Å². The summed E-state index contributed by atoms with van der Waals surface area (Å²) in [6, 6.07) is 7.78. The number of hydrogen-bond acceptors (Lipinski definition) is 14. The zero-order valence-corrected chi connectivity index (χ0v) is 32.3. The predicted octanol–water partition coefficient (Wildman–Crippen LogP) is 3.80. The van der Waals surface area contributed by atoms with E-state index in [0.717, 1.165) is 27.6 Å². The lowest BCUT2D eigenvalue weighted by Gasteiger charge is -2.61. The van der Waals surface area contributed by atoms with E-state index in [2.05, 4.69) is 15.2 Å². The first kappa shape index (κ1) is 35.5. The molecule has 1 spiro atoms. The van der Waals surface area contributed by atoms with Gasteiger partial charge in [-0.05, 0) is 56.5 Å². The number of aliphatic hydroxyl groups excluding tert-OH is 2. The van der Waals surface area contributed by atoms with Gasteiger partial charge in [0.15, 0.2) is 28.5 Å². The number of aliphatic hydroxyl groups is 2. The van der Waals surface area contributed by atoms with Crippen LogP contribution in [0.4, 0.5) is 0 Å². The molecule has 0 aliphatic carbocycles. The zero-order chi connectivity index (χ0) is 38.9. The number of benzene rings is 3. The van der Waals surface area contributed by atoms with Crippen molar-refractivity contribution in [3.05, 3.63) is 81.2 Å². The number of thioether (sulfide) groups is 1. The number of carbonyl (C=O) groups excluding carboxylic acids is 2. The molecule has 8 heterocycles. The van der Waals surface area contributed by atoms with Gasteiger partial charge in [-0.3, -0.25) is 15.0 Å². The fourth-order valence-corrected chi connectivity index (χ4v) is 12.0. The number of aromatic amines is 1. The van der Waals surface area contributed by atoms with E-state index in [0.29, 0.717) is 63.7 Å². The first-order valence-corrected chi connectivity index (χ1v) is 19.8. The standard InChI is InChI=1S/C41H42N4O10S/c1-17-10-20-11-25-39(49)45-26-14-52-40(50)41(38-23(12-21(13-46)43-41)22-8-6-7-9-24(22)42-38)15-56-37(31(45)30(44(25)4)27(20)32(48)33(17)51-5)29-28(26)36-35(53-16-54-36)18(2)34(29)55-19(3)47/h6-10,14,21,25,30-31,37,39,42-43,46,48-49H,11-13,15-16H2,1-5H3/b26-14+/t21-,25+,30+,31+,37+,39-,41+/m0/s1. The highest BCUT2D eigenvalue weighted by atomic mass is 32.2. The summed E-state index contributed by atoms with van der Waals surface area (Å²) in [5.74, 6) is 0.423. The molecule has 0 saturated carbocycles. The molecule has 4 bridgehead atoms. The zero-order valence-electron chi connectivity index (χ0n) is 31.5. The molecular weight excluding hydrogens is 741 g/mol. The van der Waals surface area contributed by atoms with E-state index in [1.165, 1.54) is 32.1 Å². The number of nitrogens with one attached hydrogen (secondary N) is 2. The van der Waals surface area contributed by atoms with E-state index < -0.39 is 53.1 Å². The molecule has 11 rings (SSSR count). The van der Waals surface area contributed by atoms with Crippen molar-refractivity contribution in [3.63, 3.8) is 0 Å². The van der Waals surface area contributed by atoms with Crippen LogP contribution in [0.15, 0.2) is 36.6 Å². The number of likely N-dealkylation sites (N-methyl/N-ethyl adjacent to an activating group) is 1. The van der Waals surface area contributed by atoms with Crippen molar-refractivity contribution < 1.29 is 48.6 Å². The molecule has 0 amide bonds. The van der Waals surface area contributed by atoms with Gasteiger partial charge in [-0.15, -0.1) is 11.8 Å². The maximum absolute atomic E-state index is 14.9. The Morgan fingerprint density at radius 1 is 1.12 bits per heavy atom. The number of phenols is 1. The van der Waals surface area contributed by atoms with Crippen molar-refractivity contribution in [2.75, 3.05) is 33.3 Å². The minimum Gasteiger partial charge on any atom is -0.504 e. The molecule has 0 unspecified atom stereocenters. The summed E-state index contributed by atoms with van der Waals surface area (Å²) in [6.07, 6.45) is 1.16. The van der Waals surface area contributed by atoms with Crippen LogP contribution in [-0.2, 0) is 32.7 Å². The summed E-state index contributed by atoms with van der Waals surface area (Å²) in [4.78, 5) is 35.4. The summed E-state index contributed by atoms with van der Waals surface area (Å²) >= 11 is 1.45. The topological polar surface area (TPSA) is 175 Å². The first-order valence-electron chi connectivity index (χ1n) is 18.7. The Balaban J connectivity index is 1.27. The van der Waals surface area contributed by atoms with Crippen LogP contribution in [0, 0.1) is 13.8 Å². The number of H-pyrrole nitrogens is 1. The molecule has 7 aliphatic rings. The summed E-state index contributed by atoms with van der Waals surface area (Å²) in [5.41, 5.74) is 5.30. The highest BCUT2D eigenvalue weighted by molar-refractivity contribution is 7.99. The largest absolute Gasteiger partial charge is 0.504 e. The highest BCUT2D eigenvalue weighted by Gasteiger charge is 2.60. The van der Waals surface area contributed by atoms with Gasteiger partial charge in [-0.25, -0.2) is 4.79 Å². The number of nitrogens with zero attached hydrogens (tertiary/aromatic N) is 2. The predicted molar refractivity (Wildman–Crippen MR) is 205 cm³/mol. The highest BCUT2D eigenvalue weighted by Crippen LogP contribution is 2.64. The van der Waals surface area contributed by atoms with Gasteiger partial charge >= 0.3 is 11.9 Å². The molecule has 15 heteroatoms. The third-order valence-electron chi connectivity index (χ3n) is 12.6.